The van der Waals surface area contributed by atoms with Crippen molar-refractivity contribution in [3.05, 3.63) is 11.9 Å². The molecule has 2 rings (SSSR count). The van der Waals surface area contributed by atoms with E-state index in [-0.39, 0.29) is 12.0 Å². The van der Waals surface area contributed by atoms with Gasteiger partial charge in [-0.25, -0.2) is 0 Å². The van der Waals surface area contributed by atoms with Gasteiger partial charge in [0.2, 0.25) is 0 Å². The van der Waals surface area contributed by atoms with Crippen LogP contribution in [0.3, 0.4) is 0 Å². The van der Waals surface area contributed by atoms with Crippen LogP contribution in [0.25, 0.3) is 0 Å². The minimum atomic E-state index is -0.0473. The lowest BCUT2D eigenvalue weighted by Gasteiger charge is -2.34. The smallest absolute Gasteiger partial charge is 0.0833 e. The zero-order valence-electron chi connectivity index (χ0n) is 9.02. The standard InChI is InChI=1S/C10H17N3O2/c1-13-7-9(11-12-13)6-10(8-14)2-4-15-5-3-10/h7,14H,2-6,8H2,1H3. The molecule has 0 bridgehead atoms. The summed E-state index contributed by atoms with van der Waals surface area (Å²) in [5, 5.41) is 17.5. The molecule has 1 saturated heterocycles. The number of aryl methyl sites for hydroxylation is 1. The molecule has 0 spiro atoms. The second kappa shape index (κ2) is 4.28. The van der Waals surface area contributed by atoms with Gasteiger partial charge in [0.1, 0.15) is 0 Å². The topological polar surface area (TPSA) is 60.2 Å². The molecule has 0 amide bonds. The van der Waals surface area contributed by atoms with Crippen LogP contribution in [0.5, 0.6) is 0 Å². The lowest BCUT2D eigenvalue weighted by Crippen LogP contribution is -2.35. The van der Waals surface area contributed by atoms with Crippen LogP contribution in [0.15, 0.2) is 6.20 Å². The first-order valence-electron chi connectivity index (χ1n) is 5.28. The van der Waals surface area contributed by atoms with E-state index in [0.29, 0.717) is 0 Å². The van der Waals surface area contributed by atoms with Gasteiger partial charge in [0.05, 0.1) is 5.69 Å². The summed E-state index contributed by atoms with van der Waals surface area (Å²) in [7, 11) is 1.85. The minimum Gasteiger partial charge on any atom is -0.396 e. The van der Waals surface area contributed by atoms with Gasteiger partial charge in [0, 0.05) is 44.9 Å². The molecule has 1 fully saturated rings. The Labute approximate surface area is 89.0 Å². The average Bonchev–Trinajstić information content (AvgIpc) is 2.65. The fraction of sp³-hybridized carbons (Fsp3) is 0.800. The van der Waals surface area contributed by atoms with E-state index in [2.05, 4.69) is 10.3 Å². The number of aliphatic hydroxyl groups is 1. The summed E-state index contributed by atoms with van der Waals surface area (Å²) < 4.78 is 7.01. The highest BCUT2D eigenvalue weighted by Gasteiger charge is 2.32. The number of hydrogen-bond acceptors (Lipinski definition) is 4. The summed E-state index contributed by atoms with van der Waals surface area (Å²) in [6.45, 7) is 1.68. The van der Waals surface area contributed by atoms with E-state index in [1.54, 1.807) is 4.68 Å². The third-order valence-corrected chi connectivity index (χ3v) is 3.10. The molecule has 0 aromatic carbocycles. The molecule has 5 nitrogen and oxygen atoms in total. The van der Waals surface area contributed by atoms with E-state index in [1.807, 2.05) is 13.2 Å². The second-order valence-corrected chi connectivity index (χ2v) is 4.33. The maximum absolute atomic E-state index is 9.50. The van der Waals surface area contributed by atoms with Crippen LogP contribution in [0.4, 0.5) is 0 Å². The highest BCUT2D eigenvalue weighted by atomic mass is 16.5. The second-order valence-electron chi connectivity index (χ2n) is 4.33. The third kappa shape index (κ3) is 2.35. The molecule has 1 aliphatic rings. The van der Waals surface area contributed by atoms with E-state index < -0.39 is 0 Å². The largest absolute Gasteiger partial charge is 0.396 e. The van der Waals surface area contributed by atoms with Gasteiger partial charge < -0.3 is 9.84 Å². The average molecular weight is 211 g/mol. The van der Waals surface area contributed by atoms with Gasteiger partial charge >= 0.3 is 0 Å². The third-order valence-electron chi connectivity index (χ3n) is 3.10. The maximum atomic E-state index is 9.50. The molecule has 84 valence electrons. The maximum Gasteiger partial charge on any atom is 0.0833 e. The first kappa shape index (κ1) is 10.6. The highest BCUT2D eigenvalue weighted by Crippen LogP contribution is 2.33. The Balaban J connectivity index is 2.06. The Morgan fingerprint density at radius 1 is 1.53 bits per heavy atom. The number of nitrogens with zero attached hydrogens (tertiary/aromatic N) is 3. The van der Waals surface area contributed by atoms with Gasteiger partial charge in [-0.15, -0.1) is 5.10 Å². The van der Waals surface area contributed by atoms with E-state index in [1.165, 1.54) is 0 Å². The predicted molar refractivity (Wildman–Crippen MR) is 54.3 cm³/mol. The van der Waals surface area contributed by atoms with Crippen molar-refractivity contribution in [1.82, 2.24) is 15.0 Å². The van der Waals surface area contributed by atoms with E-state index in [0.717, 1.165) is 38.2 Å². The molecule has 0 atom stereocenters. The SMILES string of the molecule is Cn1cc(CC2(CO)CCOCC2)nn1. The molecule has 0 saturated carbocycles. The zero-order valence-corrected chi connectivity index (χ0v) is 9.02. The molecule has 0 aliphatic carbocycles. The van der Waals surface area contributed by atoms with E-state index >= 15 is 0 Å². The van der Waals surface area contributed by atoms with Crippen LogP contribution >= 0.6 is 0 Å². The van der Waals surface area contributed by atoms with Crippen LogP contribution < -0.4 is 0 Å². The van der Waals surface area contributed by atoms with Crippen LogP contribution in [0.1, 0.15) is 18.5 Å². The monoisotopic (exact) mass is 211 g/mol. The highest BCUT2D eigenvalue weighted by molar-refractivity contribution is 4.99. The van der Waals surface area contributed by atoms with Crippen LogP contribution in [0.2, 0.25) is 0 Å². The van der Waals surface area contributed by atoms with Crippen LogP contribution in [-0.2, 0) is 18.2 Å². The molecule has 1 N–H and O–H groups in total. The normalized spacial score (nSPS) is 20.4. The van der Waals surface area contributed by atoms with Crippen molar-refractivity contribution < 1.29 is 9.84 Å². The predicted octanol–water partition coefficient (Wildman–Crippen LogP) is 0.147. The fourth-order valence-electron chi connectivity index (χ4n) is 2.06. The van der Waals surface area contributed by atoms with Crippen molar-refractivity contribution in [1.29, 1.82) is 0 Å². The molecule has 0 unspecified atom stereocenters. The van der Waals surface area contributed by atoms with Gasteiger partial charge in [0.25, 0.3) is 0 Å². The summed E-state index contributed by atoms with van der Waals surface area (Å²) in [5.74, 6) is 0. The van der Waals surface area contributed by atoms with Crippen molar-refractivity contribution in [2.45, 2.75) is 19.3 Å². The van der Waals surface area contributed by atoms with Crippen LogP contribution in [0, 0.1) is 5.41 Å². The summed E-state index contributed by atoms with van der Waals surface area (Å²) in [5.41, 5.74) is 0.905. The molecule has 0 radical (unpaired) electrons. The molecule has 1 aromatic heterocycles. The van der Waals surface area contributed by atoms with Gasteiger partial charge in [-0.2, -0.15) is 0 Å². The Morgan fingerprint density at radius 2 is 2.27 bits per heavy atom. The first-order chi connectivity index (χ1) is 7.24. The van der Waals surface area contributed by atoms with Crippen molar-refractivity contribution in [2.75, 3.05) is 19.8 Å². The Bertz CT molecular complexity index is 318. The first-order valence-corrected chi connectivity index (χ1v) is 5.28. The van der Waals surface area contributed by atoms with Crippen molar-refractivity contribution in [3.8, 4) is 0 Å². The van der Waals surface area contributed by atoms with Gasteiger partial charge in [0.15, 0.2) is 0 Å². The Hall–Kier alpha value is -0.940. The zero-order chi connectivity index (χ0) is 10.7. The van der Waals surface area contributed by atoms with Crippen molar-refractivity contribution in [3.63, 3.8) is 0 Å². The van der Waals surface area contributed by atoms with Crippen molar-refractivity contribution >= 4 is 0 Å². The summed E-state index contributed by atoms with van der Waals surface area (Å²) in [6.07, 6.45) is 4.51. The fourth-order valence-corrected chi connectivity index (χ4v) is 2.06. The summed E-state index contributed by atoms with van der Waals surface area (Å²) in [4.78, 5) is 0. The molecule has 15 heavy (non-hydrogen) atoms. The quantitative estimate of drug-likeness (QED) is 0.773. The van der Waals surface area contributed by atoms with Gasteiger partial charge in [-0.3, -0.25) is 4.68 Å². The number of rotatable bonds is 3. The van der Waals surface area contributed by atoms with Gasteiger partial charge in [-0.05, 0) is 12.8 Å². The van der Waals surface area contributed by atoms with E-state index in [9.17, 15) is 5.11 Å². The Morgan fingerprint density at radius 3 is 2.80 bits per heavy atom. The molecular formula is C10H17N3O2. The van der Waals surface area contributed by atoms with Crippen LogP contribution in [-0.4, -0.2) is 39.9 Å². The summed E-state index contributed by atoms with van der Waals surface area (Å²) >= 11 is 0. The molecular weight excluding hydrogens is 194 g/mol. The molecule has 1 aliphatic heterocycles. The molecule has 2 heterocycles. The number of aromatic nitrogens is 3. The van der Waals surface area contributed by atoms with Gasteiger partial charge in [-0.1, -0.05) is 5.21 Å². The number of aliphatic hydroxyl groups excluding tert-OH is 1. The minimum absolute atomic E-state index is 0.0473. The lowest BCUT2D eigenvalue weighted by atomic mass is 9.77. The molecule has 1 aromatic rings. The lowest BCUT2D eigenvalue weighted by molar-refractivity contribution is -0.0162. The Kier molecular flexibility index (Phi) is 3.02. The number of hydrogen-bond donors (Lipinski definition) is 1. The van der Waals surface area contributed by atoms with E-state index in [4.69, 9.17) is 4.74 Å². The molecule has 5 heteroatoms. The number of ether oxygens (including phenoxy) is 1. The van der Waals surface area contributed by atoms with Crippen molar-refractivity contribution in [2.24, 2.45) is 12.5 Å². The summed E-state index contributed by atoms with van der Waals surface area (Å²) in [6, 6.07) is 0.